The highest BCUT2D eigenvalue weighted by Crippen LogP contribution is 2.76. The van der Waals surface area contributed by atoms with Crippen LogP contribution in [-0.2, 0) is 4.74 Å². The van der Waals surface area contributed by atoms with Crippen molar-refractivity contribution in [3.8, 4) is 0 Å². The van der Waals surface area contributed by atoms with Crippen molar-refractivity contribution in [3.05, 3.63) is 0 Å². The van der Waals surface area contributed by atoms with Gasteiger partial charge in [-0.2, -0.15) is 0 Å². The van der Waals surface area contributed by atoms with Crippen molar-refractivity contribution in [2.45, 2.75) is 148 Å². The van der Waals surface area contributed by atoms with E-state index in [0.717, 1.165) is 38.5 Å². The molecule has 5 rings (SSSR count). The van der Waals surface area contributed by atoms with Gasteiger partial charge in [0.2, 0.25) is 0 Å². The van der Waals surface area contributed by atoms with Gasteiger partial charge in [-0.25, -0.2) is 0 Å². The molecule has 5 aliphatic rings. The Morgan fingerprint density at radius 2 is 1.43 bits per heavy atom. The number of fused-ring (bicyclic) bond motifs is 5. The molecule has 1 heterocycles. The molecule has 202 valence electrons. The average molecular weight is 493 g/mol. The lowest BCUT2D eigenvalue weighted by molar-refractivity contribution is -0.277. The van der Waals surface area contributed by atoms with Gasteiger partial charge in [0.1, 0.15) is 0 Å². The van der Waals surface area contributed by atoms with Crippen LogP contribution in [0, 0.1) is 39.4 Å². The highest BCUT2D eigenvalue weighted by atomic mass is 16.5. The Labute approximate surface area is 213 Å². The second-order valence-electron chi connectivity index (χ2n) is 15.6. The van der Waals surface area contributed by atoms with Crippen molar-refractivity contribution in [1.82, 2.24) is 0 Å². The first-order valence-corrected chi connectivity index (χ1v) is 14.4. The van der Waals surface area contributed by atoms with Crippen LogP contribution in [0.4, 0.5) is 0 Å². The molecule has 5 fully saturated rings. The molecule has 4 aliphatic carbocycles. The fourth-order valence-electron chi connectivity index (χ4n) is 11.1. The standard InChI is InChI=1S/C30H52O5/c1-24(2)19-9-13-27(6)20(26(19,5)12-10-21(24)32)17-18(31)23-28(27,7)15-16-30(23,34)29(8)14-11-22(35-29)25(3,4)33/h18-23,31-34H,9-17H2,1-8H3/t18-,19?,20-,21-,22-,23?,26+,27-,28-,29+,30-/m1/s1. The topological polar surface area (TPSA) is 90.2 Å². The van der Waals surface area contributed by atoms with Crippen LogP contribution in [0.5, 0.6) is 0 Å². The second kappa shape index (κ2) is 7.46. The molecule has 0 amide bonds. The Hall–Kier alpha value is -0.200. The molecular weight excluding hydrogens is 440 g/mol. The third-order valence-corrected chi connectivity index (χ3v) is 13.4. The normalized spacial score (nSPS) is 57.9. The third-order valence-electron chi connectivity index (χ3n) is 13.4. The summed E-state index contributed by atoms with van der Waals surface area (Å²) in [4.78, 5) is 0. The highest BCUT2D eigenvalue weighted by molar-refractivity contribution is 5.25. The summed E-state index contributed by atoms with van der Waals surface area (Å²) in [6.07, 6.45) is 6.50. The maximum atomic E-state index is 12.5. The Morgan fingerprint density at radius 1 is 0.771 bits per heavy atom. The number of aliphatic hydroxyl groups excluding tert-OH is 2. The van der Waals surface area contributed by atoms with Gasteiger partial charge in [-0.1, -0.05) is 34.6 Å². The average Bonchev–Trinajstić information content (AvgIpc) is 3.29. The summed E-state index contributed by atoms with van der Waals surface area (Å²) in [5.41, 5.74) is -3.08. The summed E-state index contributed by atoms with van der Waals surface area (Å²) in [5, 5.41) is 45.9. The van der Waals surface area contributed by atoms with Crippen LogP contribution < -0.4 is 0 Å². The first-order valence-electron chi connectivity index (χ1n) is 14.4. The molecule has 1 aliphatic heterocycles. The van der Waals surface area contributed by atoms with Crippen LogP contribution in [0.3, 0.4) is 0 Å². The summed E-state index contributed by atoms with van der Waals surface area (Å²) >= 11 is 0. The van der Waals surface area contributed by atoms with Gasteiger partial charge >= 0.3 is 0 Å². The molecule has 0 bridgehead atoms. The van der Waals surface area contributed by atoms with Crippen molar-refractivity contribution < 1.29 is 25.2 Å². The monoisotopic (exact) mass is 492 g/mol. The van der Waals surface area contributed by atoms with E-state index in [4.69, 9.17) is 4.74 Å². The molecule has 0 aromatic heterocycles. The highest BCUT2D eigenvalue weighted by Gasteiger charge is 2.75. The SMILES string of the molecule is CC(C)(O)[C@H]1CC[C@@](C)([C@@]2(O)CC[C@]3(C)C2[C@H](O)C[C@@H]2[C@@]4(C)CC[C@@H](O)C(C)(C)C4CC[C@]23C)O1. The molecule has 0 spiro atoms. The van der Waals surface area contributed by atoms with E-state index in [-0.39, 0.29) is 39.8 Å². The fraction of sp³-hybridized carbons (Fsp3) is 1.00. The number of ether oxygens (including phenoxy) is 1. The Kier molecular flexibility index (Phi) is 5.63. The number of rotatable bonds is 2. The summed E-state index contributed by atoms with van der Waals surface area (Å²) < 4.78 is 6.52. The van der Waals surface area contributed by atoms with Gasteiger partial charge in [0.05, 0.1) is 35.1 Å². The van der Waals surface area contributed by atoms with Crippen molar-refractivity contribution in [2.24, 2.45) is 39.4 Å². The molecule has 2 unspecified atom stereocenters. The summed E-state index contributed by atoms with van der Waals surface area (Å²) in [7, 11) is 0. The maximum absolute atomic E-state index is 12.5. The van der Waals surface area contributed by atoms with E-state index in [1.807, 2.05) is 6.92 Å². The van der Waals surface area contributed by atoms with E-state index >= 15 is 0 Å². The lowest BCUT2D eigenvalue weighted by atomic mass is 9.35. The van der Waals surface area contributed by atoms with Crippen molar-refractivity contribution in [3.63, 3.8) is 0 Å². The number of aliphatic hydroxyl groups is 4. The maximum Gasteiger partial charge on any atom is 0.0991 e. The van der Waals surface area contributed by atoms with Gasteiger partial charge in [-0.15, -0.1) is 0 Å². The fourth-order valence-corrected chi connectivity index (χ4v) is 11.1. The van der Waals surface area contributed by atoms with Gasteiger partial charge in [0.15, 0.2) is 0 Å². The van der Waals surface area contributed by atoms with Gasteiger partial charge in [0.25, 0.3) is 0 Å². The van der Waals surface area contributed by atoms with Crippen LogP contribution in [0.25, 0.3) is 0 Å². The zero-order valence-electron chi connectivity index (χ0n) is 23.5. The third kappa shape index (κ3) is 3.17. The summed E-state index contributed by atoms with van der Waals surface area (Å²) in [6.45, 7) is 17.3. The smallest absolute Gasteiger partial charge is 0.0991 e. The van der Waals surface area contributed by atoms with Crippen LogP contribution in [0.1, 0.15) is 113 Å². The molecular formula is C30H52O5. The van der Waals surface area contributed by atoms with E-state index < -0.39 is 22.9 Å². The Balaban J connectivity index is 1.52. The molecule has 5 heteroatoms. The molecule has 0 aromatic carbocycles. The Bertz CT molecular complexity index is 865. The van der Waals surface area contributed by atoms with E-state index in [1.165, 1.54) is 0 Å². The predicted octanol–water partition coefficient (Wildman–Crippen LogP) is 4.83. The van der Waals surface area contributed by atoms with Crippen LogP contribution in [-0.4, -0.2) is 55.5 Å². The molecule has 11 atom stereocenters. The molecule has 35 heavy (non-hydrogen) atoms. The van der Waals surface area contributed by atoms with Crippen LogP contribution in [0.2, 0.25) is 0 Å². The van der Waals surface area contributed by atoms with Crippen LogP contribution in [0.15, 0.2) is 0 Å². The minimum absolute atomic E-state index is 0.00954. The van der Waals surface area contributed by atoms with E-state index in [2.05, 4.69) is 34.6 Å². The minimum Gasteiger partial charge on any atom is -0.393 e. The first-order chi connectivity index (χ1) is 15.9. The lowest BCUT2D eigenvalue weighted by Gasteiger charge is -2.71. The van der Waals surface area contributed by atoms with Crippen LogP contribution >= 0.6 is 0 Å². The van der Waals surface area contributed by atoms with Gasteiger partial charge in [-0.05, 0) is 112 Å². The second-order valence-corrected chi connectivity index (χ2v) is 15.6. The molecule has 0 radical (unpaired) electrons. The quantitative estimate of drug-likeness (QED) is 0.443. The predicted molar refractivity (Wildman–Crippen MR) is 137 cm³/mol. The zero-order chi connectivity index (χ0) is 26.0. The molecule has 4 saturated carbocycles. The summed E-state index contributed by atoms with van der Waals surface area (Å²) in [6, 6.07) is 0. The largest absolute Gasteiger partial charge is 0.393 e. The molecule has 1 saturated heterocycles. The van der Waals surface area contributed by atoms with E-state index in [1.54, 1.807) is 13.8 Å². The van der Waals surface area contributed by atoms with Gasteiger partial charge in [-0.3, -0.25) is 0 Å². The van der Waals surface area contributed by atoms with Gasteiger partial charge in [0, 0.05) is 5.92 Å². The molecule has 4 N–H and O–H groups in total. The zero-order valence-corrected chi connectivity index (χ0v) is 23.5. The first kappa shape index (κ1) is 26.4. The molecule has 0 aromatic rings. The lowest BCUT2D eigenvalue weighted by Crippen LogP contribution is -2.69. The van der Waals surface area contributed by atoms with Crippen molar-refractivity contribution in [1.29, 1.82) is 0 Å². The summed E-state index contributed by atoms with van der Waals surface area (Å²) in [5.74, 6) is 0.553. The van der Waals surface area contributed by atoms with E-state index in [9.17, 15) is 20.4 Å². The number of hydrogen-bond donors (Lipinski definition) is 4. The van der Waals surface area contributed by atoms with E-state index in [0.29, 0.717) is 31.1 Å². The van der Waals surface area contributed by atoms with Crippen molar-refractivity contribution >= 4 is 0 Å². The number of hydrogen-bond acceptors (Lipinski definition) is 5. The Morgan fingerprint density at radius 3 is 2.03 bits per heavy atom. The van der Waals surface area contributed by atoms with Crippen molar-refractivity contribution in [2.75, 3.05) is 0 Å². The van der Waals surface area contributed by atoms with Gasteiger partial charge < -0.3 is 25.2 Å². The molecule has 5 nitrogen and oxygen atoms in total. The minimum atomic E-state index is -1.12.